The van der Waals surface area contributed by atoms with Crippen LogP contribution in [0.5, 0.6) is 17.2 Å². The van der Waals surface area contributed by atoms with E-state index >= 15 is 0 Å². The van der Waals surface area contributed by atoms with Gasteiger partial charge in [-0.2, -0.15) is 0 Å². The van der Waals surface area contributed by atoms with E-state index in [-0.39, 0.29) is 30.6 Å². The van der Waals surface area contributed by atoms with Gasteiger partial charge in [-0.1, -0.05) is 22.0 Å². The summed E-state index contributed by atoms with van der Waals surface area (Å²) in [7, 11) is 0. The zero-order valence-corrected chi connectivity index (χ0v) is 20.7. The Hall–Kier alpha value is -2.74. The van der Waals surface area contributed by atoms with Crippen LogP contribution in [0.2, 0.25) is 0 Å². The Kier molecular flexibility index (Phi) is 6.94. The molecule has 2 saturated heterocycles. The fraction of sp³-hybridized carbons (Fsp3) is 0.462. The van der Waals surface area contributed by atoms with Gasteiger partial charge in [0.15, 0.2) is 11.5 Å². The van der Waals surface area contributed by atoms with Crippen LogP contribution in [0.1, 0.15) is 42.5 Å². The number of carbonyl (C=O) groups excluding carboxylic acids is 2. The van der Waals surface area contributed by atoms with E-state index in [0.29, 0.717) is 43.0 Å². The first-order valence-electron chi connectivity index (χ1n) is 12.0. The van der Waals surface area contributed by atoms with Crippen LogP contribution >= 0.6 is 15.9 Å². The molecule has 180 valence electrons. The van der Waals surface area contributed by atoms with Gasteiger partial charge < -0.3 is 24.0 Å². The zero-order chi connectivity index (χ0) is 23.5. The van der Waals surface area contributed by atoms with E-state index in [2.05, 4.69) is 15.9 Å². The summed E-state index contributed by atoms with van der Waals surface area (Å²) < 4.78 is 18.1. The second-order valence-corrected chi connectivity index (χ2v) is 10.0. The molecule has 2 atom stereocenters. The highest BCUT2D eigenvalue weighted by molar-refractivity contribution is 9.10. The number of nitrogens with zero attached hydrogens (tertiary/aromatic N) is 2. The lowest BCUT2D eigenvalue weighted by Gasteiger charge is -2.39. The van der Waals surface area contributed by atoms with Gasteiger partial charge in [-0.25, -0.2) is 0 Å². The lowest BCUT2D eigenvalue weighted by molar-refractivity contribution is -0.134. The third kappa shape index (κ3) is 5.17. The van der Waals surface area contributed by atoms with Gasteiger partial charge >= 0.3 is 0 Å². The van der Waals surface area contributed by atoms with Gasteiger partial charge in [0.1, 0.15) is 11.9 Å². The summed E-state index contributed by atoms with van der Waals surface area (Å²) in [6.07, 6.45) is 4.21. The summed E-state index contributed by atoms with van der Waals surface area (Å²) in [5, 5.41) is 0. The lowest BCUT2D eigenvalue weighted by atomic mass is 9.90. The molecule has 3 aliphatic heterocycles. The number of hydrogen-bond acceptors (Lipinski definition) is 5. The topological polar surface area (TPSA) is 68.3 Å². The summed E-state index contributed by atoms with van der Waals surface area (Å²) in [4.78, 5) is 30.3. The van der Waals surface area contributed by atoms with Crippen molar-refractivity contribution in [3.8, 4) is 17.2 Å². The molecule has 0 spiro atoms. The minimum Gasteiger partial charge on any atom is -0.490 e. The molecule has 0 aromatic heterocycles. The van der Waals surface area contributed by atoms with E-state index in [0.717, 1.165) is 36.2 Å². The second-order valence-electron chi connectivity index (χ2n) is 9.13. The van der Waals surface area contributed by atoms with Gasteiger partial charge in [0.2, 0.25) is 12.7 Å². The van der Waals surface area contributed by atoms with Crippen molar-refractivity contribution in [2.75, 3.05) is 33.0 Å². The molecule has 0 saturated carbocycles. The van der Waals surface area contributed by atoms with Crippen molar-refractivity contribution in [1.82, 2.24) is 9.80 Å². The molecule has 8 heteroatoms. The average Bonchev–Trinajstić information content (AvgIpc) is 3.33. The van der Waals surface area contributed by atoms with Crippen molar-refractivity contribution in [2.24, 2.45) is 5.92 Å². The van der Waals surface area contributed by atoms with E-state index in [9.17, 15) is 9.59 Å². The molecule has 0 bridgehead atoms. The largest absolute Gasteiger partial charge is 0.490 e. The number of rotatable bonds is 5. The standard InChI is InChI=1S/C26H29BrN2O5/c27-20-5-4-6-21(15-20)34-22-9-12-29(16-19(22)14-25(30)28-10-2-1-3-11-28)26(31)18-7-8-23-24(13-18)33-17-32-23/h4-8,13,15,19,22H,1-3,9-12,14,16-17H2/t19-,22-/m0/s1. The Morgan fingerprint density at radius 2 is 1.79 bits per heavy atom. The first kappa shape index (κ1) is 23.0. The molecule has 3 aliphatic rings. The van der Waals surface area contributed by atoms with Gasteiger partial charge in [-0.3, -0.25) is 9.59 Å². The van der Waals surface area contributed by atoms with Crippen molar-refractivity contribution >= 4 is 27.7 Å². The number of hydrogen-bond donors (Lipinski definition) is 0. The van der Waals surface area contributed by atoms with Crippen LogP contribution in [-0.4, -0.2) is 60.7 Å². The highest BCUT2D eigenvalue weighted by atomic mass is 79.9. The van der Waals surface area contributed by atoms with Gasteiger partial charge in [0.05, 0.1) is 0 Å². The van der Waals surface area contributed by atoms with Crippen LogP contribution in [0.25, 0.3) is 0 Å². The monoisotopic (exact) mass is 528 g/mol. The molecule has 0 radical (unpaired) electrons. The molecule has 0 N–H and O–H groups in total. The normalized spacial score (nSPS) is 21.9. The van der Waals surface area contributed by atoms with Crippen molar-refractivity contribution in [3.63, 3.8) is 0 Å². The van der Waals surface area contributed by atoms with E-state index in [1.165, 1.54) is 6.42 Å². The first-order valence-corrected chi connectivity index (χ1v) is 12.7. The maximum Gasteiger partial charge on any atom is 0.254 e. The van der Waals surface area contributed by atoms with Gasteiger partial charge in [-0.05, 0) is 55.7 Å². The number of benzene rings is 2. The third-order valence-corrected chi connectivity index (χ3v) is 7.29. The molecule has 2 fully saturated rings. The van der Waals surface area contributed by atoms with Crippen LogP contribution in [0.3, 0.4) is 0 Å². The van der Waals surface area contributed by atoms with Crippen LogP contribution in [0, 0.1) is 5.92 Å². The highest BCUT2D eigenvalue weighted by Gasteiger charge is 2.36. The molecule has 2 aromatic rings. The predicted octanol–water partition coefficient (Wildman–Crippen LogP) is 4.49. The summed E-state index contributed by atoms with van der Waals surface area (Å²) in [6, 6.07) is 13.0. The van der Waals surface area contributed by atoms with Crippen molar-refractivity contribution in [1.29, 1.82) is 0 Å². The van der Waals surface area contributed by atoms with E-state index in [1.807, 2.05) is 34.1 Å². The number of fused-ring (bicyclic) bond motifs is 1. The zero-order valence-electron chi connectivity index (χ0n) is 19.1. The number of piperidine rings is 2. The molecular weight excluding hydrogens is 500 g/mol. The Labute approximate surface area is 208 Å². The van der Waals surface area contributed by atoms with Crippen LogP contribution in [0.15, 0.2) is 46.9 Å². The van der Waals surface area contributed by atoms with Crippen molar-refractivity contribution in [2.45, 2.75) is 38.2 Å². The summed E-state index contributed by atoms with van der Waals surface area (Å²) >= 11 is 3.50. The molecule has 0 unspecified atom stereocenters. The summed E-state index contributed by atoms with van der Waals surface area (Å²) in [6.45, 7) is 2.86. The fourth-order valence-corrected chi connectivity index (χ4v) is 5.35. The van der Waals surface area contributed by atoms with Crippen LogP contribution in [-0.2, 0) is 4.79 Å². The first-order chi connectivity index (χ1) is 16.6. The molecule has 0 aliphatic carbocycles. The smallest absolute Gasteiger partial charge is 0.254 e. The van der Waals surface area contributed by atoms with E-state index in [4.69, 9.17) is 14.2 Å². The highest BCUT2D eigenvalue weighted by Crippen LogP contribution is 2.34. The molecule has 2 aromatic carbocycles. The Morgan fingerprint density at radius 1 is 0.971 bits per heavy atom. The van der Waals surface area contributed by atoms with E-state index in [1.54, 1.807) is 18.2 Å². The Morgan fingerprint density at radius 3 is 2.62 bits per heavy atom. The maximum absolute atomic E-state index is 13.3. The average molecular weight is 529 g/mol. The molecule has 3 heterocycles. The van der Waals surface area contributed by atoms with Gasteiger partial charge in [0, 0.05) is 55.0 Å². The van der Waals surface area contributed by atoms with Gasteiger partial charge in [-0.15, -0.1) is 0 Å². The Bertz CT molecular complexity index is 1060. The number of carbonyl (C=O) groups is 2. The van der Waals surface area contributed by atoms with Crippen LogP contribution < -0.4 is 14.2 Å². The minimum absolute atomic E-state index is 0.0605. The molecule has 2 amide bonds. The molecule has 5 rings (SSSR count). The third-order valence-electron chi connectivity index (χ3n) is 6.80. The molecular formula is C26H29BrN2O5. The Balaban J connectivity index is 1.32. The summed E-state index contributed by atoms with van der Waals surface area (Å²) in [5.74, 6) is 2.03. The van der Waals surface area contributed by atoms with E-state index < -0.39 is 0 Å². The lowest BCUT2D eigenvalue weighted by Crippen LogP contribution is -2.49. The summed E-state index contributed by atoms with van der Waals surface area (Å²) in [5.41, 5.74) is 0.566. The molecule has 7 nitrogen and oxygen atoms in total. The quantitative estimate of drug-likeness (QED) is 0.571. The van der Waals surface area contributed by atoms with Crippen molar-refractivity contribution in [3.05, 3.63) is 52.5 Å². The van der Waals surface area contributed by atoms with Gasteiger partial charge in [0.25, 0.3) is 5.91 Å². The minimum atomic E-state index is -0.135. The molecule has 34 heavy (non-hydrogen) atoms. The van der Waals surface area contributed by atoms with Crippen LogP contribution in [0.4, 0.5) is 0 Å². The number of ether oxygens (including phenoxy) is 3. The number of halogens is 1. The fourth-order valence-electron chi connectivity index (χ4n) is 4.97. The number of amides is 2. The second kappa shape index (κ2) is 10.3. The maximum atomic E-state index is 13.3. The van der Waals surface area contributed by atoms with Crippen molar-refractivity contribution < 1.29 is 23.8 Å². The predicted molar refractivity (Wildman–Crippen MR) is 130 cm³/mol. The SMILES string of the molecule is O=C(C[C@H]1CN(C(=O)c2ccc3c(c2)OCO3)CC[C@@H]1Oc1cccc(Br)c1)N1CCCCC1. The number of likely N-dealkylation sites (tertiary alicyclic amines) is 2.